The Morgan fingerprint density at radius 2 is 2.12 bits per heavy atom. The third kappa shape index (κ3) is 2.68. The third-order valence-electron chi connectivity index (χ3n) is 5.24. The van der Waals surface area contributed by atoms with Gasteiger partial charge in [0.25, 0.3) is 5.91 Å². The number of aromatic nitrogens is 3. The molecule has 1 saturated heterocycles. The fraction of sp³-hybridized carbons (Fsp3) is 0.421. The maximum atomic E-state index is 13.2. The van der Waals surface area contributed by atoms with E-state index in [9.17, 15) is 4.79 Å². The summed E-state index contributed by atoms with van der Waals surface area (Å²) in [6, 6.07) is 5.50. The number of carbonyl (C=O) groups excluding carboxylic acids is 1. The van der Waals surface area contributed by atoms with Gasteiger partial charge in [-0.3, -0.25) is 4.79 Å². The van der Waals surface area contributed by atoms with Crippen LogP contribution in [0.25, 0.3) is 10.9 Å². The van der Waals surface area contributed by atoms with E-state index in [2.05, 4.69) is 22.1 Å². The van der Waals surface area contributed by atoms with E-state index < -0.39 is 0 Å². The zero-order chi connectivity index (χ0) is 18.4. The van der Waals surface area contributed by atoms with Crippen LogP contribution in [0.5, 0.6) is 0 Å². The average molecular weight is 354 g/mol. The Balaban J connectivity index is 1.70. The molecule has 1 aliphatic heterocycles. The van der Waals surface area contributed by atoms with Crippen molar-refractivity contribution in [3.8, 4) is 0 Å². The van der Waals surface area contributed by atoms with E-state index in [-0.39, 0.29) is 18.1 Å². The first-order valence-corrected chi connectivity index (χ1v) is 8.70. The Bertz CT molecular complexity index is 974. The first-order chi connectivity index (χ1) is 12.5. The number of benzene rings is 1. The van der Waals surface area contributed by atoms with Gasteiger partial charge < -0.3 is 19.0 Å². The van der Waals surface area contributed by atoms with Gasteiger partial charge in [0.1, 0.15) is 6.04 Å². The predicted molar refractivity (Wildman–Crippen MR) is 96.0 cm³/mol. The molecular weight excluding hydrogens is 332 g/mol. The number of ether oxygens (including phenoxy) is 1. The predicted octanol–water partition coefficient (Wildman–Crippen LogP) is 3.08. The number of hydrogen-bond acceptors (Lipinski definition) is 5. The molecule has 2 atom stereocenters. The van der Waals surface area contributed by atoms with Gasteiger partial charge >= 0.3 is 0 Å². The van der Waals surface area contributed by atoms with Crippen LogP contribution < -0.4 is 0 Å². The number of methoxy groups -OCH3 is 1. The van der Waals surface area contributed by atoms with Gasteiger partial charge in [0, 0.05) is 49.2 Å². The molecule has 26 heavy (non-hydrogen) atoms. The molecule has 136 valence electrons. The standard InChI is InChI=1S/C19H22N4O3/c1-10-11(2)20-16-6-5-13(7-15(10)16)19(24)23-9-14(25-4)8-17(23)18-22-21-12(3)26-18/h5-7,14,17,20H,8-9H2,1-4H3/t14-,17+/m0/s1. The second kappa shape index (κ2) is 6.25. The number of H-pyrrole nitrogens is 1. The quantitative estimate of drug-likeness (QED) is 0.781. The van der Waals surface area contributed by atoms with Crippen molar-refractivity contribution in [2.45, 2.75) is 39.3 Å². The molecule has 7 heteroatoms. The summed E-state index contributed by atoms with van der Waals surface area (Å²) in [5, 5.41) is 9.09. The number of nitrogens with one attached hydrogen (secondary N) is 1. The number of carbonyl (C=O) groups is 1. The lowest BCUT2D eigenvalue weighted by molar-refractivity contribution is 0.0674. The molecule has 1 N–H and O–H groups in total. The molecule has 1 amide bonds. The molecule has 0 aliphatic carbocycles. The van der Waals surface area contributed by atoms with E-state index in [0.717, 1.165) is 22.2 Å². The van der Waals surface area contributed by atoms with Crippen LogP contribution in [-0.2, 0) is 4.74 Å². The van der Waals surface area contributed by atoms with Crippen LogP contribution in [0, 0.1) is 20.8 Å². The normalized spacial score (nSPS) is 20.2. The molecule has 2 aromatic heterocycles. The SMILES string of the molecule is CO[C@H]1C[C@H](c2nnc(C)o2)N(C(=O)c2ccc3[nH]c(C)c(C)c3c2)C1. The molecule has 0 saturated carbocycles. The number of nitrogens with zero attached hydrogens (tertiary/aromatic N) is 3. The Labute approximate surface area is 151 Å². The number of amides is 1. The minimum Gasteiger partial charge on any atom is -0.423 e. The van der Waals surface area contributed by atoms with Gasteiger partial charge in [0.15, 0.2) is 0 Å². The van der Waals surface area contributed by atoms with Gasteiger partial charge in [-0.15, -0.1) is 10.2 Å². The van der Waals surface area contributed by atoms with Crippen molar-refractivity contribution < 1.29 is 13.9 Å². The summed E-state index contributed by atoms with van der Waals surface area (Å²) in [4.78, 5) is 18.3. The Morgan fingerprint density at radius 3 is 2.81 bits per heavy atom. The molecule has 4 rings (SSSR count). The molecule has 1 fully saturated rings. The number of aryl methyl sites for hydroxylation is 3. The summed E-state index contributed by atoms with van der Waals surface area (Å²) in [5.74, 6) is 0.906. The number of rotatable bonds is 3. The van der Waals surface area contributed by atoms with Gasteiger partial charge in [0.05, 0.1) is 6.10 Å². The van der Waals surface area contributed by atoms with E-state index >= 15 is 0 Å². The first kappa shape index (κ1) is 16.8. The minimum atomic E-state index is -0.265. The second-order valence-electron chi connectivity index (χ2n) is 6.86. The van der Waals surface area contributed by atoms with Crippen LogP contribution in [0.2, 0.25) is 0 Å². The number of hydrogen-bond donors (Lipinski definition) is 1. The second-order valence-corrected chi connectivity index (χ2v) is 6.86. The van der Waals surface area contributed by atoms with Crippen LogP contribution in [0.4, 0.5) is 0 Å². The lowest BCUT2D eigenvalue weighted by Crippen LogP contribution is -2.32. The van der Waals surface area contributed by atoms with Crippen LogP contribution in [0.1, 0.15) is 45.9 Å². The lowest BCUT2D eigenvalue weighted by atomic mass is 10.1. The molecular formula is C19H22N4O3. The third-order valence-corrected chi connectivity index (χ3v) is 5.24. The summed E-state index contributed by atoms with van der Waals surface area (Å²) in [7, 11) is 1.66. The largest absolute Gasteiger partial charge is 0.423 e. The van der Waals surface area contributed by atoms with Gasteiger partial charge in [-0.1, -0.05) is 0 Å². The van der Waals surface area contributed by atoms with Gasteiger partial charge in [0.2, 0.25) is 11.8 Å². The molecule has 3 aromatic rings. The highest BCUT2D eigenvalue weighted by molar-refractivity contribution is 5.99. The number of aromatic amines is 1. The van der Waals surface area contributed by atoms with Crippen LogP contribution in [0.3, 0.4) is 0 Å². The van der Waals surface area contributed by atoms with Gasteiger partial charge in [-0.05, 0) is 37.6 Å². The maximum absolute atomic E-state index is 13.2. The highest BCUT2D eigenvalue weighted by Gasteiger charge is 2.39. The highest BCUT2D eigenvalue weighted by Crippen LogP contribution is 2.34. The van der Waals surface area contributed by atoms with Crippen molar-refractivity contribution in [2.24, 2.45) is 0 Å². The maximum Gasteiger partial charge on any atom is 0.254 e. The molecule has 0 radical (unpaired) electrons. The summed E-state index contributed by atoms with van der Waals surface area (Å²) < 4.78 is 11.1. The van der Waals surface area contributed by atoms with E-state index in [1.165, 1.54) is 0 Å². The molecule has 0 spiro atoms. The van der Waals surface area contributed by atoms with Crippen LogP contribution >= 0.6 is 0 Å². The molecule has 0 bridgehead atoms. The fourth-order valence-corrected chi connectivity index (χ4v) is 3.63. The van der Waals surface area contributed by atoms with Crippen LogP contribution in [-0.4, -0.2) is 45.7 Å². The minimum absolute atomic E-state index is 0.0453. The van der Waals surface area contributed by atoms with E-state index in [4.69, 9.17) is 9.15 Å². The molecule has 0 unspecified atom stereocenters. The lowest BCUT2D eigenvalue weighted by Gasteiger charge is -2.22. The fourth-order valence-electron chi connectivity index (χ4n) is 3.63. The Kier molecular flexibility index (Phi) is 4.03. The van der Waals surface area contributed by atoms with Crippen molar-refractivity contribution in [2.75, 3.05) is 13.7 Å². The molecule has 7 nitrogen and oxygen atoms in total. The highest BCUT2D eigenvalue weighted by atomic mass is 16.5. The molecule has 3 heterocycles. The molecule has 1 aliphatic rings. The Hall–Kier alpha value is -2.67. The molecule has 1 aromatic carbocycles. The summed E-state index contributed by atoms with van der Waals surface area (Å²) in [6.45, 7) is 6.35. The van der Waals surface area contributed by atoms with Crippen molar-refractivity contribution >= 4 is 16.8 Å². The smallest absolute Gasteiger partial charge is 0.254 e. The van der Waals surface area contributed by atoms with Crippen molar-refractivity contribution in [3.63, 3.8) is 0 Å². The van der Waals surface area contributed by atoms with Gasteiger partial charge in [-0.2, -0.15) is 0 Å². The average Bonchev–Trinajstić information content (AvgIpc) is 3.32. The van der Waals surface area contributed by atoms with Crippen molar-refractivity contribution in [1.29, 1.82) is 0 Å². The first-order valence-electron chi connectivity index (χ1n) is 8.70. The zero-order valence-electron chi connectivity index (χ0n) is 15.4. The van der Waals surface area contributed by atoms with E-state index in [0.29, 0.717) is 30.3 Å². The summed E-state index contributed by atoms with van der Waals surface area (Å²) in [5.41, 5.74) is 3.97. The van der Waals surface area contributed by atoms with E-state index in [1.54, 1.807) is 18.9 Å². The van der Waals surface area contributed by atoms with Crippen molar-refractivity contribution in [3.05, 3.63) is 46.8 Å². The van der Waals surface area contributed by atoms with Gasteiger partial charge in [-0.25, -0.2) is 0 Å². The summed E-state index contributed by atoms with van der Waals surface area (Å²) >= 11 is 0. The Morgan fingerprint density at radius 1 is 1.31 bits per heavy atom. The number of fused-ring (bicyclic) bond motifs is 1. The monoisotopic (exact) mass is 354 g/mol. The van der Waals surface area contributed by atoms with Crippen LogP contribution in [0.15, 0.2) is 22.6 Å². The van der Waals surface area contributed by atoms with Crippen molar-refractivity contribution in [1.82, 2.24) is 20.1 Å². The van der Waals surface area contributed by atoms with E-state index in [1.807, 2.05) is 25.1 Å². The summed E-state index contributed by atoms with van der Waals surface area (Å²) in [6.07, 6.45) is 0.602. The topological polar surface area (TPSA) is 84.2 Å². The zero-order valence-corrected chi connectivity index (χ0v) is 15.4. The number of likely N-dealkylation sites (tertiary alicyclic amines) is 1.